The Kier molecular flexibility index (Phi) is 2.19. The number of benzene rings is 1. The van der Waals surface area contributed by atoms with Crippen molar-refractivity contribution in [1.29, 1.82) is 0 Å². The second-order valence-electron chi connectivity index (χ2n) is 3.21. The Labute approximate surface area is 79.5 Å². The fourth-order valence-corrected chi connectivity index (χ4v) is 1.54. The molecule has 0 saturated carbocycles. The van der Waals surface area contributed by atoms with E-state index in [0.29, 0.717) is 24.7 Å². The molecule has 0 N–H and O–H groups in total. The van der Waals surface area contributed by atoms with Crippen LogP contribution in [0.15, 0.2) is 12.1 Å². The van der Waals surface area contributed by atoms with Crippen molar-refractivity contribution in [3.05, 3.63) is 29.3 Å². The summed E-state index contributed by atoms with van der Waals surface area (Å²) in [5.41, 5.74) is 0.487. The quantitative estimate of drug-likeness (QED) is 0.644. The molecule has 74 valence electrons. The highest BCUT2D eigenvalue weighted by Crippen LogP contribution is 2.30. The minimum atomic E-state index is -0.744. The molecule has 0 spiro atoms. The molecule has 2 nitrogen and oxygen atoms in total. The van der Waals surface area contributed by atoms with E-state index in [2.05, 4.69) is 0 Å². The van der Waals surface area contributed by atoms with Crippen molar-refractivity contribution in [3.8, 4) is 5.75 Å². The molecule has 0 aromatic heterocycles. The van der Waals surface area contributed by atoms with Crippen molar-refractivity contribution >= 4 is 6.29 Å². The summed E-state index contributed by atoms with van der Waals surface area (Å²) >= 11 is 0. The van der Waals surface area contributed by atoms with Gasteiger partial charge in [-0.15, -0.1) is 0 Å². The zero-order chi connectivity index (χ0) is 10.1. The number of fused-ring (bicyclic) bond motifs is 1. The van der Waals surface area contributed by atoms with Crippen molar-refractivity contribution in [2.75, 3.05) is 0 Å². The molecule has 14 heavy (non-hydrogen) atoms. The topological polar surface area (TPSA) is 26.3 Å². The van der Waals surface area contributed by atoms with Gasteiger partial charge in [-0.25, -0.2) is 8.78 Å². The molecule has 2 rings (SSSR count). The molecule has 1 aliphatic heterocycles. The van der Waals surface area contributed by atoms with E-state index in [-0.39, 0.29) is 5.75 Å². The summed E-state index contributed by atoms with van der Waals surface area (Å²) < 4.78 is 31.0. The number of aryl methyl sites for hydroxylation is 1. The average molecular weight is 198 g/mol. The average Bonchev–Trinajstić information content (AvgIpc) is 2.17. The highest BCUT2D eigenvalue weighted by molar-refractivity contribution is 5.58. The maximum atomic E-state index is 13.2. The summed E-state index contributed by atoms with van der Waals surface area (Å²) in [6, 6.07) is 1.99. The first-order valence-corrected chi connectivity index (χ1v) is 4.30. The Hall–Kier alpha value is -1.45. The molecule has 1 aromatic rings. The van der Waals surface area contributed by atoms with Crippen molar-refractivity contribution in [2.24, 2.45) is 0 Å². The first-order chi connectivity index (χ1) is 6.70. The summed E-state index contributed by atoms with van der Waals surface area (Å²) in [5, 5.41) is 0. The number of ether oxygens (including phenoxy) is 1. The van der Waals surface area contributed by atoms with Crippen LogP contribution < -0.4 is 4.74 Å². The van der Waals surface area contributed by atoms with Crippen LogP contribution in [-0.4, -0.2) is 12.4 Å². The van der Waals surface area contributed by atoms with E-state index in [4.69, 9.17) is 4.74 Å². The summed E-state index contributed by atoms with van der Waals surface area (Å²) in [4.78, 5) is 10.4. The number of halogens is 2. The van der Waals surface area contributed by atoms with E-state index in [0.717, 1.165) is 6.07 Å². The van der Waals surface area contributed by atoms with Crippen LogP contribution in [0.2, 0.25) is 0 Å². The molecule has 1 aliphatic rings. The fourth-order valence-electron chi connectivity index (χ4n) is 1.54. The molecule has 0 amide bonds. The molecular weight excluding hydrogens is 190 g/mol. The summed E-state index contributed by atoms with van der Waals surface area (Å²) in [5.74, 6) is -1.35. The number of carbonyl (C=O) groups is 1. The van der Waals surface area contributed by atoms with E-state index >= 15 is 0 Å². The van der Waals surface area contributed by atoms with Crippen molar-refractivity contribution < 1.29 is 18.3 Å². The zero-order valence-electron chi connectivity index (χ0n) is 7.30. The lowest BCUT2D eigenvalue weighted by Crippen LogP contribution is -2.24. The first kappa shape index (κ1) is 9.12. The third-order valence-electron chi connectivity index (χ3n) is 2.20. The van der Waals surface area contributed by atoms with E-state index in [9.17, 15) is 13.6 Å². The Morgan fingerprint density at radius 3 is 2.93 bits per heavy atom. The monoisotopic (exact) mass is 198 g/mol. The molecule has 0 radical (unpaired) electrons. The molecule has 4 heteroatoms. The highest BCUT2D eigenvalue weighted by Gasteiger charge is 2.22. The predicted molar refractivity (Wildman–Crippen MR) is 45.2 cm³/mol. The minimum absolute atomic E-state index is 0.00903. The molecule has 0 fully saturated rings. The van der Waals surface area contributed by atoms with Gasteiger partial charge in [0, 0.05) is 11.6 Å². The van der Waals surface area contributed by atoms with Crippen molar-refractivity contribution in [3.63, 3.8) is 0 Å². The lowest BCUT2D eigenvalue weighted by atomic mass is 10.0. The van der Waals surface area contributed by atoms with Gasteiger partial charge in [0.2, 0.25) is 0 Å². The van der Waals surface area contributed by atoms with Crippen LogP contribution in [-0.2, 0) is 11.2 Å². The van der Waals surface area contributed by atoms with Gasteiger partial charge in [-0.2, -0.15) is 0 Å². The van der Waals surface area contributed by atoms with Gasteiger partial charge in [0.05, 0.1) is 0 Å². The number of hydrogen-bond donors (Lipinski definition) is 0. The van der Waals surface area contributed by atoms with Crippen molar-refractivity contribution in [2.45, 2.75) is 18.9 Å². The van der Waals surface area contributed by atoms with Gasteiger partial charge in [-0.05, 0) is 18.9 Å². The van der Waals surface area contributed by atoms with Gasteiger partial charge >= 0.3 is 0 Å². The third-order valence-corrected chi connectivity index (χ3v) is 2.20. The maximum absolute atomic E-state index is 13.2. The van der Waals surface area contributed by atoms with E-state index in [1.807, 2.05) is 0 Å². The second kappa shape index (κ2) is 3.36. The van der Waals surface area contributed by atoms with E-state index in [1.54, 1.807) is 0 Å². The number of carbonyl (C=O) groups excluding carboxylic acids is 1. The molecular formula is C10H8F2O2. The number of hydrogen-bond acceptors (Lipinski definition) is 2. The van der Waals surface area contributed by atoms with E-state index < -0.39 is 17.7 Å². The SMILES string of the molecule is O=CC1CCc2cc(F)cc(F)c2O1. The fraction of sp³-hybridized carbons (Fsp3) is 0.300. The Morgan fingerprint density at radius 2 is 2.21 bits per heavy atom. The minimum Gasteiger partial charge on any atom is -0.480 e. The standard InChI is InChI=1S/C10H8F2O2/c11-7-3-6-1-2-8(5-13)14-10(6)9(12)4-7/h3-5,8H,1-2H2. The summed E-state index contributed by atoms with van der Waals surface area (Å²) in [7, 11) is 0. The lowest BCUT2D eigenvalue weighted by Gasteiger charge is -2.22. The number of rotatable bonds is 1. The molecule has 0 saturated heterocycles. The predicted octanol–water partition coefficient (Wildman–Crippen LogP) is 1.86. The zero-order valence-corrected chi connectivity index (χ0v) is 7.30. The number of aldehydes is 1. The van der Waals surface area contributed by atoms with Crippen LogP contribution in [0.25, 0.3) is 0 Å². The highest BCUT2D eigenvalue weighted by atomic mass is 19.1. The van der Waals surface area contributed by atoms with Gasteiger partial charge in [-0.3, -0.25) is 4.79 Å². The van der Waals surface area contributed by atoms with Gasteiger partial charge in [0.1, 0.15) is 5.82 Å². The van der Waals surface area contributed by atoms with Crippen LogP contribution in [0.1, 0.15) is 12.0 Å². The normalized spacial score (nSPS) is 19.7. The van der Waals surface area contributed by atoms with Crippen LogP contribution in [0.3, 0.4) is 0 Å². The molecule has 1 heterocycles. The molecule has 1 unspecified atom stereocenters. The summed E-state index contributed by atoms with van der Waals surface area (Å²) in [6.45, 7) is 0. The van der Waals surface area contributed by atoms with Gasteiger partial charge in [0.25, 0.3) is 0 Å². The van der Waals surface area contributed by atoms with Gasteiger partial charge < -0.3 is 4.74 Å². The van der Waals surface area contributed by atoms with Crippen LogP contribution in [0, 0.1) is 11.6 Å². The molecule has 1 atom stereocenters. The largest absolute Gasteiger partial charge is 0.480 e. The van der Waals surface area contributed by atoms with Gasteiger partial charge in [-0.1, -0.05) is 0 Å². The Balaban J connectivity index is 2.41. The van der Waals surface area contributed by atoms with Gasteiger partial charge in [0.15, 0.2) is 24.0 Å². The Bertz CT molecular complexity index is 377. The Morgan fingerprint density at radius 1 is 1.43 bits per heavy atom. The first-order valence-electron chi connectivity index (χ1n) is 4.30. The summed E-state index contributed by atoms with van der Waals surface area (Å²) in [6.07, 6.45) is 0.959. The smallest absolute Gasteiger partial charge is 0.168 e. The third kappa shape index (κ3) is 1.47. The molecule has 0 bridgehead atoms. The second-order valence-corrected chi connectivity index (χ2v) is 3.21. The van der Waals surface area contributed by atoms with Crippen molar-refractivity contribution in [1.82, 2.24) is 0 Å². The van der Waals surface area contributed by atoms with Crippen LogP contribution in [0.4, 0.5) is 8.78 Å². The lowest BCUT2D eigenvalue weighted by molar-refractivity contribution is -0.114. The molecule has 0 aliphatic carbocycles. The van der Waals surface area contributed by atoms with Crippen LogP contribution >= 0.6 is 0 Å². The molecule has 1 aromatic carbocycles. The van der Waals surface area contributed by atoms with Crippen LogP contribution in [0.5, 0.6) is 5.75 Å². The maximum Gasteiger partial charge on any atom is 0.168 e. The van der Waals surface area contributed by atoms with E-state index in [1.165, 1.54) is 6.07 Å².